The van der Waals surface area contributed by atoms with E-state index in [1.807, 2.05) is 24.4 Å². The zero-order valence-corrected chi connectivity index (χ0v) is 12.2. The molecule has 0 radical (unpaired) electrons. The Kier molecular flexibility index (Phi) is 4.96. The number of ether oxygens (including phenoxy) is 1. The van der Waals surface area contributed by atoms with Crippen molar-refractivity contribution in [2.24, 2.45) is 0 Å². The summed E-state index contributed by atoms with van der Waals surface area (Å²) in [4.78, 5) is 13.3. The number of thiophene rings is 1. The number of hydrogen-bond donors (Lipinski definition) is 1. The molecule has 1 atom stereocenters. The molecule has 1 aromatic heterocycles. The van der Waals surface area contributed by atoms with E-state index in [0.29, 0.717) is 12.2 Å². The van der Waals surface area contributed by atoms with Crippen LogP contribution in [-0.4, -0.2) is 12.5 Å². The van der Waals surface area contributed by atoms with Gasteiger partial charge in [0, 0.05) is 10.4 Å². The van der Waals surface area contributed by atoms with Gasteiger partial charge in [-0.2, -0.15) is 0 Å². The van der Waals surface area contributed by atoms with Gasteiger partial charge in [-0.15, -0.1) is 11.3 Å². The van der Waals surface area contributed by atoms with Crippen LogP contribution in [0.15, 0.2) is 54.4 Å². The molecule has 1 aromatic carbocycles. The summed E-state index contributed by atoms with van der Waals surface area (Å²) in [5.74, 6) is 0.647. The van der Waals surface area contributed by atoms with Crippen molar-refractivity contribution in [3.63, 3.8) is 0 Å². The number of carbonyl (C=O) groups is 1. The molecule has 2 rings (SSSR count). The Hall–Kier alpha value is -2.07. The van der Waals surface area contributed by atoms with Crippen LogP contribution >= 0.6 is 11.3 Å². The van der Waals surface area contributed by atoms with Crippen molar-refractivity contribution in [3.8, 4) is 5.75 Å². The fourth-order valence-corrected chi connectivity index (χ4v) is 2.48. The van der Waals surface area contributed by atoms with Crippen molar-refractivity contribution in [3.05, 3.63) is 64.9 Å². The minimum Gasteiger partial charge on any atom is -0.490 e. The van der Waals surface area contributed by atoms with Crippen molar-refractivity contribution in [1.29, 1.82) is 0 Å². The fraction of sp³-hybridized carbons (Fsp3) is 0.188. The molecule has 0 bridgehead atoms. The molecule has 20 heavy (non-hydrogen) atoms. The second-order valence-electron chi connectivity index (χ2n) is 4.33. The minimum absolute atomic E-state index is 0.0131. The molecule has 0 saturated carbocycles. The van der Waals surface area contributed by atoms with E-state index in [2.05, 4.69) is 11.9 Å². The number of rotatable bonds is 6. The van der Waals surface area contributed by atoms with E-state index in [1.54, 1.807) is 41.7 Å². The molecule has 0 aliphatic rings. The molecule has 1 unspecified atom stereocenters. The first-order chi connectivity index (χ1) is 9.70. The molecule has 0 fully saturated rings. The first kappa shape index (κ1) is 14.3. The summed E-state index contributed by atoms with van der Waals surface area (Å²) >= 11 is 1.64. The molecule has 0 aliphatic carbocycles. The molecule has 0 saturated heterocycles. The Bertz CT molecular complexity index is 561. The summed E-state index contributed by atoms with van der Waals surface area (Å²) in [5.41, 5.74) is 0.624. The monoisotopic (exact) mass is 287 g/mol. The lowest BCUT2D eigenvalue weighted by Gasteiger charge is -2.12. The molecule has 0 aliphatic heterocycles. The highest BCUT2D eigenvalue weighted by Gasteiger charge is 2.11. The standard InChI is InChI=1S/C16H17NO2S/c1-3-10-19-14-8-6-13(7-9-14)16(18)17-12(2)15-5-4-11-20-15/h3-9,11-12H,1,10H2,2H3,(H,17,18). The van der Waals surface area contributed by atoms with E-state index in [1.165, 1.54) is 0 Å². The highest BCUT2D eigenvalue weighted by molar-refractivity contribution is 7.10. The Balaban J connectivity index is 1.97. The predicted octanol–water partition coefficient (Wildman–Crippen LogP) is 3.80. The van der Waals surface area contributed by atoms with E-state index in [9.17, 15) is 4.79 Å². The summed E-state index contributed by atoms with van der Waals surface area (Å²) in [6.07, 6.45) is 1.68. The van der Waals surface area contributed by atoms with E-state index in [4.69, 9.17) is 4.74 Å². The van der Waals surface area contributed by atoms with Gasteiger partial charge >= 0.3 is 0 Å². The largest absolute Gasteiger partial charge is 0.490 e. The fourth-order valence-electron chi connectivity index (χ4n) is 1.75. The third-order valence-electron chi connectivity index (χ3n) is 2.80. The highest BCUT2D eigenvalue weighted by atomic mass is 32.1. The smallest absolute Gasteiger partial charge is 0.251 e. The molecule has 2 aromatic rings. The topological polar surface area (TPSA) is 38.3 Å². The Morgan fingerprint density at radius 2 is 2.15 bits per heavy atom. The van der Waals surface area contributed by atoms with Crippen LogP contribution in [0.1, 0.15) is 28.2 Å². The molecule has 1 N–H and O–H groups in total. The third kappa shape index (κ3) is 3.71. The molecule has 1 amide bonds. The van der Waals surface area contributed by atoms with E-state index in [-0.39, 0.29) is 11.9 Å². The normalized spacial score (nSPS) is 11.7. The average Bonchev–Trinajstić information content (AvgIpc) is 3.00. The maximum absolute atomic E-state index is 12.1. The summed E-state index contributed by atoms with van der Waals surface area (Å²) in [6.45, 7) is 6.03. The van der Waals surface area contributed by atoms with Gasteiger partial charge in [-0.3, -0.25) is 4.79 Å². The van der Waals surface area contributed by atoms with Crippen LogP contribution in [-0.2, 0) is 0 Å². The number of nitrogens with one attached hydrogen (secondary N) is 1. The number of benzene rings is 1. The van der Waals surface area contributed by atoms with E-state index in [0.717, 1.165) is 10.6 Å². The maximum Gasteiger partial charge on any atom is 0.251 e. The Morgan fingerprint density at radius 1 is 1.40 bits per heavy atom. The van der Waals surface area contributed by atoms with Gasteiger partial charge in [-0.1, -0.05) is 18.7 Å². The van der Waals surface area contributed by atoms with Crippen molar-refractivity contribution in [1.82, 2.24) is 5.32 Å². The first-order valence-corrected chi connectivity index (χ1v) is 7.26. The Morgan fingerprint density at radius 3 is 2.75 bits per heavy atom. The van der Waals surface area contributed by atoms with Crippen LogP contribution < -0.4 is 10.1 Å². The number of hydrogen-bond acceptors (Lipinski definition) is 3. The molecule has 104 valence electrons. The minimum atomic E-state index is -0.0822. The van der Waals surface area contributed by atoms with Gasteiger partial charge < -0.3 is 10.1 Å². The van der Waals surface area contributed by atoms with Crippen LogP contribution in [0, 0.1) is 0 Å². The van der Waals surface area contributed by atoms with Crippen LogP contribution in [0.4, 0.5) is 0 Å². The number of carbonyl (C=O) groups excluding carboxylic acids is 1. The van der Waals surface area contributed by atoms with E-state index < -0.39 is 0 Å². The van der Waals surface area contributed by atoms with Crippen molar-refractivity contribution in [2.45, 2.75) is 13.0 Å². The van der Waals surface area contributed by atoms with Crippen LogP contribution in [0.3, 0.4) is 0 Å². The van der Waals surface area contributed by atoms with Gasteiger partial charge in [0.05, 0.1) is 6.04 Å². The quantitative estimate of drug-likeness (QED) is 0.821. The maximum atomic E-state index is 12.1. The zero-order valence-electron chi connectivity index (χ0n) is 11.3. The lowest BCUT2D eigenvalue weighted by Crippen LogP contribution is -2.25. The second kappa shape index (κ2) is 6.91. The van der Waals surface area contributed by atoms with Crippen molar-refractivity contribution in [2.75, 3.05) is 6.61 Å². The van der Waals surface area contributed by atoms with Crippen LogP contribution in [0.25, 0.3) is 0 Å². The summed E-state index contributed by atoms with van der Waals surface area (Å²) in [6, 6.07) is 11.1. The van der Waals surface area contributed by atoms with Gasteiger partial charge in [-0.05, 0) is 42.6 Å². The van der Waals surface area contributed by atoms with Crippen molar-refractivity contribution < 1.29 is 9.53 Å². The van der Waals surface area contributed by atoms with Gasteiger partial charge in [0.15, 0.2) is 0 Å². The van der Waals surface area contributed by atoms with Gasteiger partial charge in [0.25, 0.3) is 5.91 Å². The molecule has 0 spiro atoms. The predicted molar refractivity (Wildman–Crippen MR) is 82.3 cm³/mol. The Labute approximate surface area is 122 Å². The first-order valence-electron chi connectivity index (χ1n) is 6.38. The molecule has 3 nitrogen and oxygen atoms in total. The number of amides is 1. The summed E-state index contributed by atoms with van der Waals surface area (Å²) in [5, 5.41) is 4.98. The van der Waals surface area contributed by atoms with Crippen molar-refractivity contribution >= 4 is 17.2 Å². The van der Waals surface area contributed by atoms with Crippen LogP contribution in [0.5, 0.6) is 5.75 Å². The molecule has 4 heteroatoms. The second-order valence-corrected chi connectivity index (χ2v) is 5.31. The van der Waals surface area contributed by atoms with Gasteiger partial charge in [-0.25, -0.2) is 0 Å². The van der Waals surface area contributed by atoms with Crippen LogP contribution in [0.2, 0.25) is 0 Å². The lowest BCUT2D eigenvalue weighted by molar-refractivity contribution is 0.0940. The summed E-state index contributed by atoms with van der Waals surface area (Å²) in [7, 11) is 0. The molecular formula is C16H17NO2S. The SMILES string of the molecule is C=CCOc1ccc(C(=O)NC(C)c2cccs2)cc1. The van der Waals surface area contributed by atoms with E-state index >= 15 is 0 Å². The third-order valence-corrected chi connectivity index (χ3v) is 3.86. The molecular weight excluding hydrogens is 270 g/mol. The van der Waals surface area contributed by atoms with Gasteiger partial charge in [0.2, 0.25) is 0 Å². The molecule has 1 heterocycles. The highest BCUT2D eigenvalue weighted by Crippen LogP contribution is 2.19. The van der Waals surface area contributed by atoms with Gasteiger partial charge in [0.1, 0.15) is 12.4 Å². The zero-order chi connectivity index (χ0) is 14.4. The average molecular weight is 287 g/mol. The lowest BCUT2D eigenvalue weighted by atomic mass is 10.2. The summed E-state index contributed by atoms with van der Waals surface area (Å²) < 4.78 is 5.38.